The maximum Gasteiger partial charge on any atom is 0.373 e. The highest BCUT2D eigenvalue weighted by Crippen LogP contribution is 1.97. The van der Waals surface area contributed by atoms with E-state index in [2.05, 4.69) is 0 Å². The van der Waals surface area contributed by atoms with E-state index in [4.69, 9.17) is 10.9 Å². The maximum atomic E-state index is 10.9. The highest BCUT2D eigenvalue weighted by molar-refractivity contribution is 8.12. The Morgan fingerprint density at radius 1 is 1.53 bits per heavy atom. The van der Waals surface area contributed by atoms with Crippen molar-refractivity contribution >= 4 is 22.9 Å². The molecule has 0 aliphatic heterocycles. The zero-order valence-corrected chi connectivity index (χ0v) is 9.58. The van der Waals surface area contributed by atoms with Crippen LogP contribution in [0, 0.1) is 0 Å². The lowest BCUT2D eigenvalue weighted by Gasteiger charge is -1.92. The Morgan fingerprint density at radius 2 is 2.07 bits per heavy atom. The van der Waals surface area contributed by atoms with Crippen LogP contribution in [0.1, 0.15) is 20.3 Å². The molecule has 0 saturated heterocycles. The molecule has 0 heterocycles. The predicted molar refractivity (Wildman–Crippen MR) is 59.1 cm³/mol. The molecule has 6 heteroatoms. The van der Waals surface area contributed by atoms with E-state index in [9.17, 15) is 8.42 Å². The minimum atomic E-state index is -3.31. The van der Waals surface area contributed by atoms with E-state index in [0.29, 0.717) is 7.09 Å². The van der Waals surface area contributed by atoms with Gasteiger partial charge in [0.2, 0.25) is 0 Å². The molecule has 0 rings (SSSR count). The molecule has 0 saturated carbocycles. The minimum Gasteiger partial charge on any atom is -0.242 e. The van der Waals surface area contributed by atoms with Crippen LogP contribution < -0.4 is 0 Å². The van der Waals surface area contributed by atoms with Crippen molar-refractivity contribution in [3.8, 4) is 0 Å². The Balaban J connectivity index is 0. The molecule has 0 atom stereocenters. The topological polar surface area (TPSA) is 68.3 Å². The molecule has 0 aromatic heterocycles. The first-order valence-corrected chi connectivity index (χ1v) is 5.92. The van der Waals surface area contributed by atoms with Gasteiger partial charge >= 0.3 is 6.15 Å². The minimum absolute atomic E-state index is 0.0869. The smallest absolute Gasteiger partial charge is 0.242 e. The van der Waals surface area contributed by atoms with E-state index < -0.39 is 9.69 Å². The van der Waals surface area contributed by atoms with Gasteiger partial charge in [-0.2, -0.15) is 9.59 Å². The summed E-state index contributed by atoms with van der Waals surface area (Å²) in [5.74, 6) is -0.0869. The molecule has 0 aliphatic rings. The molecule has 4 nitrogen and oxygen atoms in total. The van der Waals surface area contributed by atoms with E-state index in [1.807, 2.05) is 26.0 Å². The normalized spacial score (nSPS) is 12.4. The Morgan fingerprint density at radius 3 is 2.47 bits per heavy atom. The molecule has 0 fully saturated rings. The third-order valence-corrected chi connectivity index (χ3v) is 1.89. The SMILES string of the molecule is O=C=O.[3H][B]S(=O)(=O)C/C=C(C)/C=C/CC. The van der Waals surface area contributed by atoms with Crippen molar-refractivity contribution in [2.45, 2.75) is 20.3 Å². The molecule has 83 valence electrons. The van der Waals surface area contributed by atoms with Crippen LogP contribution in [0.15, 0.2) is 23.8 Å². The van der Waals surface area contributed by atoms with Crippen LogP contribution >= 0.6 is 0 Å². The highest BCUT2D eigenvalue weighted by atomic mass is 32.2. The summed E-state index contributed by atoms with van der Waals surface area (Å²) in [6.45, 7) is 3.85. The van der Waals surface area contributed by atoms with Crippen molar-refractivity contribution in [3.05, 3.63) is 23.8 Å². The summed E-state index contributed by atoms with van der Waals surface area (Å²) in [5.41, 5.74) is 0.910. The van der Waals surface area contributed by atoms with Gasteiger partial charge < -0.3 is 0 Å². The quantitative estimate of drug-likeness (QED) is 0.511. The Labute approximate surface area is 92.6 Å². The van der Waals surface area contributed by atoms with E-state index in [1.54, 1.807) is 6.08 Å². The molecule has 0 aromatic carbocycles. The third kappa shape index (κ3) is 19.3. The number of hydrogen-bond acceptors (Lipinski definition) is 4. The largest absolute Gasteiger partial charge is 0.373 e. The van der Waals surface area contributed by atoms with Gasteiger partial charge in [-0.3, -0.25) is 0 Å². The first-order valence-electron chi connectivity index (χ1n) is 4.78. The molecule has 1 radical (unpaired) electrons. The van der Waals surface area contributed by atoms with Gasteiger partial charge in [0.05, 0.1) is 15.4 Å². The predicted octanol–water partition coefficient (Wildman–Crippen LogP) is 0.546. The van der Waals surface area contributed by atoms with Crippen molar-refractivity contribution in [1.82, 2.24) is 0 Å². The fraction of sp³-hybridized carbons (Fsp3) is 0.444. The van der Waals surface area contributed by atoms with Gasteiger partial charge in [0.25, 0.3) is 7.09 Å². The molecule has 0 aliphatic carbocycles. The summed E-state index contributed by atoms with van der Waals surface area (Å²) in [5, 5.41) is 0. The first-order chi connectivity index (χ1) is 7.43. The second kappa shape index (κ2) is 9.43. The fourth-order valence-electron chi connectivity index (χ4n) is 0.619. The van der Waals surface area contributed by atoms with Gasteiger partial charge in [-0.25, -0.2) is 8.42 Å². The fourth-order valence-corrected chi connectivity index (χ4v) is 1.11. The average molecular weight is 231 g/mol. The van der Waals surface area contributed by atoms with E-state index in [-0.39, 0.29) is 11.9 Å². The van der Waals surface area contributed by atoms with Crippen molar-refractivity contribution < 1.29 is 18.0 Å². The molecule has 0 amide bonds. The zero-order chi connectivity index (χ0) is 13.0. The Hall–Kier alpha value is -1.13. The number of rotatable bonds is 5. The lowest BCUT2D eigenvalue weighted by molar-refractivity contribution is -0.191. The third-order valence-electron chi connectivity index (χ3n) is 1.25. The summed E-state index contributed by atoms with van der Waals surface area (Å²) in [4.78, 5) is 16.2. The van der Waals surface area contributed by atoms with Gasteiger partial charge in [-0.05, 0) is 14.7 Å². The van der Waals surface area contributed by atoms with Crippen molar-refractivity contribution in [3.63, 3.8) is 0 Å². The van der Waals surface area contributed by atoms with Gasteiger partial charge in [0.15, 0.2) is 0 Å². The molecular formula is C9H14BO4S. The van der Waals surface area contributed by atoms with Crippen LogP contribution in [0.2, 0.25) is 0 Å². The summed E-state index contributed by atoms with van der Waals surface area (Å²) in [7, 11) is -2.82. The first kappa shape index (κ1) is 13.9. The lowest BCUT2D eigenvalue weighted by atomic mass is 10.2. The maximum absolute atomic E-state index is 10.9. The molecule has 0 spiro atoms. The van der Waals surface area contributed by atoms with Crippen molar-refractivity contribution in [2.24, 2.45) is 0 Å². The number of carbonyl (C=O) groups excluding carboxylic acids is 2. The van der Waals surface area contributed by atoms with Crippen LogP contribution in [0.4, 0.5) is 0 Å². The molecule has 0 bridgehead atoms. The second-order valence-electron chi connectivity index (χ2n) is 2.67. The molecular weight excluding hydrogens is 215 g/mol. The summed E-state index contributed by atoms with van der Waals surface area (Å²) < 4.78 is 28.4. The molecule has 15 heavy (non-hydrogen) atoms. The highest BCUT2D eigenvalue weighted by Gasteiger charge is 1.96. The van der Waals surface area contributed by atoms with E-state index in [1.165, 1.54) is 0 Å². The molecule has 0 N–H and O–H groups in total. The summed E-state index contributed by atoms with van der Waals surface area (Å²) >= 11 is 0. The molecule has 0 unspecified atom stereocenters. The second-order valence-corrected chi connectivity index (χ2v) is 4.33. The van der Waals surface area contributed by atoms with Gasteiger partial charge in [0, 0.05) is 0 Å². The lowest BCUT2D eigenvalue weighted by Crippen LogP contribution is -2.01. The summed E-state index contributed by atoms with van der Waals surface area (Å²) in [6, 6.07) is 0. The number of hydrogen-bond donors (Lipinski definition) is 0. The Kier molecular flexibility index (Phi) is 8.72. The van der Waals surface area contributed by atoms with Crippen molar-refractivity contribution in [1.29, 1.82) is 1.34 Å². The summed E-state index contributed by atoms with van der Waals surface area (Å²) in [6.07, 6.45) is 6.62. The van der Waals surface area contributed by atoms with E-state index in [0.717, 1.165) is 12.0 Å². The Bertz CT molecular complexity index is 367. The van der Waals surface area contributed by atoms with Gasteiger partial charge in [-0.15, -0.1) is 0 Å². The van der Waals surface area contributed by atoms with Crippen LogP contribution in [0.3, 0.4) is 0 Å². The average Bonchev–Trinajstić information content (AvgIpc) is 2.25. The van der Waals surface area contributed by atoms with Crippen LogP contribution in [-0.2, 0) is 19.3 Å². The van der Waals surface area contributed by atoms with E-state index >= 15 is 0 Å². The van der Waals surface area contributed by atoms with Gasteiger partial charge in [-0.1, -0.05) is 30.7 Å². The molecule has 0 aromatic rings. The monoisotopic (exact) mass is 231 g/mol. The van der Waals surface area contributed by atoms with Crippen LogP contribution in [0.25, 0.3) is 0 Å². The van der Waals surface area contributed by atoms with Crippen molar-refractivity contribution in [2.75, 3.05) is 5.75 Å². The van der Waals surface area contributed by atoms with Crippen LogP contribution in [0.5, 0.6) is 0 Å². The zero-order valence-electron chi connectivity index (χ0n) is 9.76. The van der Waals surface area contributed by atoms with Gasteiger partial charge in [0.1, 0.15) is 0 Å². The number of allylic oxidation sites excluding steroid dienone is 3. The standard InChI is InChI=1S/C8H14BO2S.CO2/c1-3-4-5-8(2)6-7-12(9,10)11;2-1-3/h4-6,9H,3,7H2,1-2H3;/b5-4+,8-6+;/i9T;. The van der Waals surface area contributed by atoms with Crippen LogP contribution in [-0.4, -0.2) is 28.7 Å².